The van der Waals surface area contributed by atoms with Crippen LogP contribution in [0.4, 0.5) is 0 Å². The van der Waals surface area contributed by atoms with Crippen molar-refractivity contribution in [1.82, 2.24) is 10.2 Å². The van der Waals surface area contributed by atoms with E-state index in [4.69, 9.17) is 0 Å². The molecule has 0 aliphatic carbocycles. The molecule has 0 amide bonds. The first-order valence-corrected chi connectivity index (χ1v) is 8.51. The van der Waals surface area contributed by atoms with Crippen LogP contribution in [0.25, 0.3) is 0 Å². The summed E-state index contributed by atoms with van der Waals surface area (Å²) in [6.45, 7) is 7.01. The van der Waals surface area contributed by atoms with Crippen molar-refractivity contribution in [3.8, 4) is 0 Å². The molecule has 18 heavy (non-hydrogen) atoms. The van der Waals surface area contributed by atoms with E-state index in [2.05, 4.69) is 17.1 Å². The molecule has 0 aromatic heterocycles. The molecule has 0 radical (unpaired) electrons. The smallest absolute Gasteiger partial charge is 0.151 e. The molecule has 2 rings (SSSR count). The first-order chi connectivity index (χ1) is 8.05. The lowest BCUT2D eigenvalue weighted by Gasteiger charge is -2.29. The highest BCUT2D eigenvalue weighted by Crippen LogP contribution is 2.16. The average Bonchev–Trinajstić information content (AvgIpc) is 2.38. The van der Waals surface area contributed by atoms with Crippen molar-refractivity contribution >= 4 is 22.2 Å². The average molecular weight is 297 g/mol. The van der Waals surface area contributed by atoms with E-state index in [1.807, 2.05) is 0 Å². The van der Waals surface area contributed by atoms with Crippen LogP contribution >= 0.6 is 12.4 Å². The number of rotatable bonds is 2. The standard InChI is InChI=1S/C12H24N2O2S.ClH/c1-11-8-14(5-6-17(15,16)10-11)9-12-3-2-4-13-7-12;/h11-13H,2-10H2,1H3;1H. The third-order valence-electron chi connectivity index (χ3n) is 3.74. The van der Waals surface area contributed by atoms with Crippen LogP contribution in [0, 0.1) is 11.8 Å². The molecule has 0 aromatic carbocycles. The maximum absolute atomic E-state index is 11.7. The van der Waals surface area contributed by atoms with Crippen LogP contribution in [0.5, 0.6) is 0 Å². The quantitative estimate of drug-likeness (QED) is 0.818. The molecular formula is C12H25ClN2O2S. The lowest BCUT2D eigenvalue weighted by molar-refractivity contribution is 0.203. The van der Waals surface area contributed by atoms with Crippen molar-refractivity contribution in [2.45, 2.75) is 19.8 Å². The van der Waals surface area contributed by atoms with E-state index in [-0.39, 0.29) is 18.3 Å². The van der Waals surface area contributed by atoms with Crippen molar-refractivity contribution in [3.63, 3.8) is 0 Å². The minimum atomic E-state index is -2.80. The van der Waals surface area contributed by atoms with Gasteiger partial charge in [0, 0.05) is 19.6 Å². The summed E-state index contributed by atoms with van der Waals surface area (Å²) in [5.41, 5.74) is 0. The van der Waals surface area contributed by atoms with E-state index in [0.717, 1.165) is 32.7 Å². The summed E-state index contributed by atoms with van der Waals surface area (Å²) in [6, 6.07) is 0. The van der Waals surface area contributed by atoms with Gasteiger partial charge in [-0.25, -0.2) is 8.42 Å². The van der Waals surface area contributed by atoms with Gasteiger partial charge in [-0.1, -0.05) is 6.92 Å². The second-order valence-electron chi connectivity index (χ2n) is 5.69. The predicted molar refractivity (Wildman–Crippen MR) is 77.1 cm³/mol. The third-order valence-corrected chi connectivity index (χ3v) is 5.62. The fraction of sp³-hybridized carbons (Fsp3) is 1.00. The molecule has 2 atom stereocenters. The number of hydrogen-bond donors (Lipinski definition) is 1. The van der Waals surface area contributed by atoms with Crippen LogP contribution in [-0.2, 0) is 9.84 Å². The fourth-order valence-corrected chi connectivity index (χ4v) is 4.66. The molecule has 2 fully saturated rings. The molecular weight excluding hydrogens is 272 g/mol. The van der Waals surface area contributed by atoms with Crippen molar-refractivity contribution in [2.24, 2.45) is 11.8 Å². The molecule has 2 saturated heterocycles. The van der Waals surface area contributed by atoms with E-state index < -0.39 is 9.84 Å². The molecule has 0 saturated carbocycles. The zero-order chi connectivity index (χ0) is 12.3. The first-order valence-electron chi connectivity index (χ1n) is 6.69. The van der Waals surface area contributed by atoms with Gasteiger partial charge in [0.1, 0.15) is 0 Å². The third kappa shape index (κ3) is 5.03. The van der Waals surface area contributed by atoms with Gasteiger partial charge in [-0.2, -0.15) is 0 Å². The maximum atomic E-state index is 11.7. The van der Waals surface area contributed by atoms with Crippen molar-refractivity contribution in [2.75, 3.05) is 44.2 Å². The summed E-state index contributed by atoms with van der Waals surface area (Å²) in [6.07, 6.45) is 2.54. The molecule has 6 heteroatoms. The van der Waals surface area contributed by atoms with Crippen LogP contribution in [0.3, 0.4) is 0 Å². The molecule has 0 spiro atoms. The highest BCUT2D eigenvalue weighted by atomic mass is 35.5. The lowest BCUT2D eigenvalue weighted by atomic mass is 9.98. The molecule has 0 bridgehead atoms. The van der Waals surface area contributed by atoms with Gasteiger partial charge in [0.15, 0.2) is 9.84 Å². The summed E-state index contributed by atoms with van der Waals surface area (Å²) in [7, 11) is -2.80. The summed E-state index contributed by atoms with van der Waals surface area (Å²) < 4.78 is 23.4. The zero-order valence-electron chi connectivity index (χ0n) is 11.1. The monoisotopic (exact) mass is 296 g/mol. The minimum Gasteiger partial charge on any atom is -0.316 e. The number of nitrogens with one attached hydrogen (secondary N) is 1. The van der Waals surface area contributed by atoms with Crippen molar-refractivity contribution in [1.29, 1.82) is 0 Å². The van der Waals surface area contributed by atoms with E-state index in [1.165, 1.54) is 12.8 Å². The number of sulfone groups is 1. The van der Waals surface area contributed by atoms with E-state index >= 15 is 0 Å². The number of piperidine rings is 1. The Balaban J connectivity index is 0.00000162. The molecule has 2 aliphatic heterocycles. The van der Waals surface area contributed by atoms with Gasteiger partial charge in [-0.05, 0) is 37.8 Å². The molecule has 0 aromatic rings. The van der Waals surface area contributed by atoms with Gasteiger partial charge >= 0.3 is 0 Å². The Bertz CT molecular complexity index is 342. The van der Waals surface area contributed by atoms with Crippen molar-refractivity contribution in [3.05, 3.63) is 0 Å². The molecule has 4 nitrogen and oxygen atoms in total. The Labute approximate surface area is 117 Å². The van der Waals surface area contributed by atoms with Gasteiger partial charge < -0.3 is 10.2 Å². The minimum absolute atomic E-state index is 0. The highest BCUT2D eigenvalue weighted by Gasteiger charge is 2.26. The summed E-state index contributed by atoms with van der Waals surface area (Å²) in [4.78, 5) is 2.35. The topological polar surface area (TPSA) is 49.4 Å². The molecule has 2 unspecified atom stereocenters. The van der Waals surface area contributed by atoms with Gasteiger partial charge in [0.25, 0.3) is 0 Å². The lowest BCUT2D eigenvalue weighted by Crippen LogP contribution is -2.40. The van der Waals surface area contributed by atoms with E-state index in [1.54, 1.807) is 0 Å². The second-order valence-corrected chi connectivity index (χ2v) is 7.92. The predicted octanol–water partition coefficient (Wildman–Crippen LogP) is 0.774. The van der Waals surface area contributed by atoms with Gasteiger partial charge in [-0.3, -0.25) is 0 Å². The SMILES string of the molecule is CC1CN(CC2CCCNC2)CCS(=O)(=O)C1.Cl. The molecule has 108 valence electrons. The van der Waals surface area contributed by atoms with Gasteiger partial charge in [0.2, 0.25) is 0 Å². The summed E-state index contributed by atoms with van der Waals surface area (Å²) >= 11 is 0. The number of halogens is 1. The molecule has 2 heterocycles. The summed E-state index contributed by atoms with van der Waals surface area (Å²) in [5, 5.41) is 3.42. The van der Waals surface area contributed by atoms with E-state index in [0.29, 0.717) is 17.4 Å². The Morgan fingerprint density at radius 3 is 2.83 bits per heavy atom. The van der Waals surface area contributed by atoms with Crippen LogP contribution in [0.1, 0.15) is 19.8 Å². The van der Waals surface area contributed by atoms with Gasteiger partial charge in [-0.15, -0.1) is 12.4 Å². The number of hydrogen-bond acceptors (Lipinski definition) is 4. The normalized spacial score (nSPS) is 33.4. The Morgan fingerprint density at radius 1 is 1.39 bits per heavy atom. The Hall–Kier alpha value is 0.160. The van der Waals surface area contributed by atoms with Crippen molar-refractivity contribution < 1.29 is 8.42 Å². The van der Waals surface area contributed by atoms with Crippen LogP contribution in [0.2, 0.25) is 0 Å². The molecule has 2 aliphatic rings. The maximum Gasteiger partial charge on any atom is 0.151 e. The first kappa shape index (κ1) is 16.2. The van der Waals surface area contributed by atoms with Crippen LogP contribution in [-0.4, -0.2) is 57.5 Å². The fourth-order valence-electron chi connectivity index (χ4n) is 2.98. The summed E-state index contributed by atoms with van der Waals surface area (Å²) in [5.74, 6) is 1.69. The number of nitrogens with zero attached hydrogens (tertiary/aromatic N) is 1. The van der Waals surface area contributed by atoms with Crippen LogP contribution in [0.15, 0.2) is 0 Å². The van der Waals surface area contributed by atoms with Crippen LogP contribution < -0.4 is 5.32 Å². The highest BCUT2D eigenvalue weighted by molar-refractivity contribution is 7.91. The van der Waals surface area contributed by atoms with E-state index in [9.17, 15) is 8.42 Å². The van der Waals surface area contributed by atoms with Gasteiger partial charge in [0.05, 0.1) is 11.5 Å². The Kier molecular flexibility index (Phi) is 6.38. The largest absolute Gasteiger partial charge is 0.316 e. The Morgan fingerprint density at radius 2 is 2.17 bits per heavy atom. The zero-order valence-corrected chi connectivity index (χ0v) is 12.7. The molecule has 1 N–H and O–H groups in total. The second kappa shape index (κ2) is 7.08.